The van der Waals surface area contributed by atoms with E-state index < -0.39 is 0 Å². The zero-order valence-electron chi connectivity index (χ0n) is 28.1. The van der Waals surface area contributed by atoms with E-state index in [1.54, 1.807) is 0 Å². The van der Waals surface area contributed by atoms with Crippen molar-refractivity contribution < 1.29 is 0 Å². The Morgan fingerprint density at radius 1 is 0.569 bits per heavy atom. The first-order chi connectivity index (χ1) is 25.1. The van der Waals surface area contributed by atoms with Crippen LogP contribution in [0.3, 0.4) is 0 Å². The van der Waals surface area contributed by atoms with Crippen LogP contribution in [0.15, 0.2) is 170 Å². The Morgan fingerprint density at radius 3 is 1.90 bits per heavy atom. The van der Waals surface area contributed by atoms with Gasteiger partial charge in [-0.2, -0.15) is 0 Å². The Kier molecular flexibility index (Phi) is 6.87. The van der Waals surface area contributed by atoms with Crippen LogP contribution < -0.4 is 0 Å². The molecule has 1 aliphatic carbocycles. The summed E-state index contributed by atoms with van der Waals surface area (Å²) < 4.78 is 4.84. The van der Waals surface area contributed by atoms with Gasteiger partial charge in [-0.15, -0.1) is 11.3 Å². The topological polar surface area (TPSA) is 30.7 Å². The summed E-state index contributed by atoms with van der Waals surface area (Å²) in [6.07, 6.45) is 9.66. The van der Waals surface area contributed by atoms with E-state index in [0.717, 1.165) is 34.4 Å². The third kappa shape index (κ3) is 4.94. The van der Waals surface area contributed by atoms with Gasteiger partial charge in [0.1, 0.15) is 0 Å². The van der Waals surface area contributed by atoms with Crippen LogP contribution in [-0.4, -0.2) is 14.5 Å². The van der Waals surface area contributed by atoms with Crippen molar-refractivity contribution in [2.24, 2.45) is 0 Å². The molecule has 0 fully saturated rings. The van der Waals surface area contributed by atoms with Crippen LogP contribution in [0.5, 0.6) is 0 Å². The lowest BCUT2D eigenvalue weighted by Gasteiger charge is -2.27. The van der Waals surface area contributed by atoms with Gasteiger partial charge in [0.05, 0.1) is 27.1 Å². The summed E-state index contributed by atoms with van der Waals surface area (Å²) in [5.41, 5.74) is 9.85. The van der Waals surface area contributed by atoms with E-state index >= 15 is 0 Å². The van der Waals surface area contributed by atoms with Gasteiger partial charge in [0.25, 0.3) is 0 Å². The second-order valence-corrected chi connectivity index (χ2v) is 14.7. The van der Waals surface area contributed by atoms with Crippen LogP contribution in [-0.2, 0) is 5.41 Å². The van der Waals surface area contributed by atoms with Crippen molar-refractivity contribution in [1.29, 1.82) is 0 Å². The van der Waals surface area contributed by atoms with Gasteiger partial charge < -0.3 is 0 Å². The number of thiophene rings is 1. The maximum absolute atomic E-state index is 5.46. The van der Waals surface area contributed by atoms with E-state index in [2.05, 4.69) is 181 Å². The Balaban J connectivity index is 1.30. The van der Waals surface area contributed by atoms with E-state index in [9.17, 15) is 0 Å². The van der Waals surface area contributed by atoms with Gasteiger partial charge >= 0.3 is 0 Å². The van der Waals surface area contributed by atoms with Crippen molar-refractivity contribution in [2.75, 3.05) is 0 Å². The summed E-state index contributed by atoms with van der Waals surface area (Å²) in [6, 6.07) is 52.3. The Hall–Kier alpha value is -6.10. The molecule has 9 aromatic rings. The second-order valence-electron chi connectivity index (χ2n) is 13.7. The highest BCUT2D eigenvalue weighted by Crippen LogP contribution is 2.45. The van der Waals surface area contributed by atoms with Crippen molar-refractivity contribution in [1.82, 2.24) is 14.5 Å². The minimum absolute atomic E-state index is 0.254. The summed E-state index contributed by atoms with van der Waals surface area (Å²) in [5.74, 6) is 0.693. The quantitative estimate of drug-likeness (QED) is 0.182. The summed E-state index contributed by atoms with van der Waals surface area (Å²) in [4.78, 5) is 10.8. The second kappa shape index (κ2) is 11.8. The predicted octanol–water partition coefficient (Wildman–Crippen LogP) is 12.7. The molecule has 1 unspecified atom stereocenters. The third-order valence-electron chi connectivity index (χ3n) is 10.4. The number of rotatable bonds is 5. The minimum Gasteiger partial charge on any atom is -0.276 e. The molecule has 0 N–H and O–H groups in total. The molecule has 0 radical (unpaired) electrons. The molecule has 0 aliphatic heterocycles. The predicted molar refractivity (Wildman–Crippen MR) is 216 cm³/mol. The molecule has 3 nitrogen and oxygen atoms in total. The number of allylic oxidation sites excluding steroid dienone is 4. The average Bonchev–Trinajstić information content (AvgIpc) is 3.74. The van der Waals surface area contributed by atoms with Crippen molar-refractivity contribution >= 4 is 53.3 Å². The molecular formula is C47H33N3S. The van der Waals surface area contributed by atoms with Crippen LogP contribution in [0.1, 0.15) is 19.0 Å². The molecule has 3 aromatic heterocycles. The molecule has 4 heteroatoms. The highest BCUT2D eigenvalue weighted by Gasteiger charge is 2.28. The number of hydrogen-bond donors (Lipinski definition) is 0. The first kappa shape index (κ1) is 29.8. The molecule has 1 atom stereocenters. The number of fused-ring (bicyclic) bond motifs is 7. The Bertz CT molecular complexity index is 2830. The lowest BCUT2D eigenvalue weighted by atomic mass is 9.80. The standard InChI is InChI=1S/C47H33N3S/c1-47(26-12-5-13-27-47)43-30-40(33-18-10-4-11-19-33)48-46(49-43)50-41-24-20-34(31-14-6-2-7-15-31)28-38(41)36-22-23-37-39-29-35(32-16-8-3-9-17-32)21-25-42(39)51-45(37)44(36)50/h2-26,28-30H,27H2,1H3. The highest BCUT2D eigenvalue weighted by atomic mass is 32.1. The van der Waals surface area contributed by atoms with E-state index in [1.165, 1.54) is 53.2 Å². The molecule has 0 spiro atoms. The van der Waals surface area contributed by atoms with E-state index in [1.807, 2.05) is 11.3 Å². The van der Waals surface area contributed by atoms with Crippen LogP contribution in [0, 0.1) is 0 Å². The van der Waals surface area contributed by atoms with Gasteiger partial charge in [0, 0.05) is 37.2 Å². The van der Waals surface area contributed by atoms with E-state index in [4.69, 9.17) is 9.97 Å². The zero-order chi connectivity index (χ0) is 33.9. The van der Waals surface area contributed by atoms with Crippen molar-refractivity contribution in [3.05, 3.63) is 176 Å². The maximum Gasteiger partial charge on any atom is 0.235 e. The van der Waals surface area contributed by atoms with Gasteiger partial charge in [-0.3, -0.25) is 4.57 Å². The van der Waals surface area contributed by atoms with E-state index in [0.29, 0.717) is 5.95 Å². The van der Waals surface area contributed by atoms with Gasteiger partial charge in [0.15, 0.2) is 0 Å². The van der Waals surface area contributed by atoms with Gasteiger partial charge in [-0.05, 0) is 59.0 Å². The molecule has 3 heterocycles. The number of benzene rings is 6. The van der Waals surface area contributed by atoms with E-state index in [-0.39, 0.29) is 5.41 Å². The monoisotopic (exact) mass is 671 g/mol. The molecule has 242 valence electrons. The van der Waals surface area contributed by atoms with Crippen molar-refractivity contribution in [3.8, 4) is 39.5 Å². The molecule has 0 amide bonds. The molecule has 0 saturated heterocycles. The van der Waals surface area contributed by atoms with Crippen LogP contribution in [0.25, 0.3) is 81.4 Å². The average molecular weight is 672 g/mol. The molecular weight excluding hydrogens is 639 g/mol. The molecule has 0 saturated carbocycles. The molecule has 0 bridgehead atoms. The fraction of sp³-hybridized carbons (Fsp3) is 0.0638. The summed E-state index contributed by atoms with van der Waals surface area (Å²) in [6.45, 7) is 2.28. The third-order valence-corrected chi connectivity index (χ3v) is 11.6. The Labute approximate surface area is 300 Å². The van der Waals surface area contributed by atoms with Crippen LogP contribution >= 0.6 is 11.3 Å². The molecule has 6 aromatic carbocycles. The van der Waals surface area contributed by atoms with Crippen LogP contribution in [0.2, 0.25) is 0 Å². The van der Waals surface area contributed by atoms with Crippen LogP contribution in [0.4, 0.5) is 0 Å². The normalized spacial score (nSPS) is 15.8. The lowest BCUT2D eigenvalue weighted by Crippen LogP contribution is -2.22. The Morgan fingerprint density at radius 2 is 1.22 bits per heavy atom. The van der Waals surface area contributed by atoms with Gasteiger partial charge in [-0.25, -0.2) is 9.97 Å². The largest absolute Gasteiger partial charge is 0.276 e. The smallest absolute Gasteiger partial charge is 0.235 e. The fourth-order valence-corrected chi connectivity index (χ4v) is 8.88. The molecule has 10 rings (SSSR count). The lowest BCUT2D eigenvalue weighted by molar-refractivity contribution is 0.576. The highest BCUT2D eigenvalue weighted by molar-refractivity contribution is 7.26. The fourth-order valence-electron chi connectivity index (χ4n) is 7.66. The summed E-state index contributed by atoms with van der Waals surface area (Å²) in [5, 5.41) is 4.91. The number of hydrogen-bond acceptors (Lipinski definition) is 3. The van der Waals surface area contributed by atoms with Gasteiger partial charge in [0.2, 0.25) is 5.95 Å². The minimum atomic E-state index is -0.254. The number of aromatic nitrogens is 3. The first-order valence-corrected chi connectivity index (χ1v) is 18.3. The number of nitrogens with zero attached hydrogens (tertiary/aromatic N) is 3. The SMILES string of the molecule is CC1(c2cc(-c3ccccc3)nc(-n3c4ccc(-c5ccccc5)cc4c4ccc5c6cc(-c7ccccc7)ccc6sc5c43)n2)C=CC=CC1. The zero-order valence-corrected chi connectivity index (χ0v) is 28.9. The van der Waals surface area contributed by atoms with Crippen molar-refractivity contribution in [2.45, 2.75) is 18.8 Å². The molecule has 51 heavy (non-hydrogen) atoms. The summed E-state index contributed by atoms with van der Waals surface area (Å²) >= 11 is 1.86. The summed E-state index contributed by atoms with van der Waals surface area (Å²) in [7, 11) is 0. The first-order valence-electron chi connectivity index (χ1n) is 17.5. The maximum atomic E-state index is 5.46. The molecule has 1 aliphatic rings. The van der Waals surface area contributed by atoms with Crippen molar-refractivity contribution in [3.63, 3.8) is 0 Å². The van der Waals surface area contributed by atoms with Gasteiger partial charge in [-0.1, -0.05) is 146 Å².